The summed E-state index contributed by atoms with van der Waals surface area (Å²) < 4.78 is 14.1. The second-order valence-corrected chi connectivity index (χ2v) is 5.45. The zero-order chi connectivity index (χ0) is 14.1. The predicted molar refractivity (Wildman–Crippen MR) is 81.9 cm³/mol. The lowest BCUT2D eigenvalue weighted by atomic mass is 9.95. The SMILES string of the molecule is NC(c1ccc(Br)c(F)c1)c1cccc2cnccc12. The Morgan fingerprint density at radius 1 is 1.15 bits per heavy atom. The molecule has 2 nitrogen and oxygen atoms in total. The first kappa shape index (κ1) is 13.2. The number of fused-ring (bicyclic) bond motifs is 1. The first-order valence-corrected chi connectivity index (χ1v) is 6.99. The van der Waals surface area contributed by atoms with Gasteiger partial charge in [-0.05, 0) is 50.6 Å². The molecule has 0 saturated heterocycles. The fourth-order valence-electron chi connectivity index (χ4n) is 2.30. The second kappa shape index (κ2) is 5.31. The van der Waals surface area contributed by atoms with Gasteiger partial charge in [0.25, 0.3) is 0 Å². The van der Waals surface area contributed by atoms with Gasteiger partial charge in [-0.3, -0.25) is 4.98 Å². The molecule has 0 fully saturated rings. The van der Waals surface area contributed by atoms with Crippen LogP contribution < -0.4 is 5.73 Å². The Balaban J connectivity index is 2.12. The van der Waals surface area contributed by atoms with Gasteiger partial charge in [-0.2, -0.15) is 0 Å². The van der Waals surface area contributed by atoms with Crippen molar-refractivity contribution in [2.24, 2.45) is 5.73 Å². The standard InChI is InChI=1S/C16H12BrFN2/c17-14-5-4-10(8-15(14)18)16(19)13-3-1-2-11-9-20-7-6-12(11)13/h1-9,16H,19H2. The van der Waals surface area contributed by atoms with Gasteiger partial charge in [0, 0.05) is 17.8 Å². The Bertz CT molecular complexity index is 768. The first-order valence-electron chi connectivity index (χ1n) is 6.20. The molecule has 20 heavy (non-hydrogen) atoms. The number of nitrogens with zero attached hydrogens (tertiary/aromatic N) is 1. The van der Waals surface area contributed by atoms with Gasteiger partial charge in [0.05, 0.1) is 10.5 Å². The number of rotatable bonds is 2. The maximum absolute atomic E-state index is 13.7. The van der Waals surface area contributed by atoms with E-state index in [1.807, 2.05) is 30.3 Å². The minimum atomic E-state index is -0.372. The average molecular weight is 331 g/mol. The fourth-order valence-corrected chi connectivity index (χ4v) is 2.55. The highest BCUT2D eigenvalue weighted by molar-refractivity contribution is 9.10. The van der Waals surface area contributed by atoms with Crippen molar-refractivity contribution in [1.29, 1.82) is 0 Å². The molecular formula is C16H12BrFN2. The van der Waals surface area contributed by atoms with Crippen LogP contribution in [0.2, 0.25) is 0 Å². The second-order valence-electron chi connectivity index (χ2n) is 4.60. The Morgan fingerprint density at radius 3 is 2.80 bits per heavy atom. The van der Waals surface area contributed by atoms with Crippen LogP contribution in [0.25, 0.3) is 10.8 Å². The number of aromatic nitrogens is 1. The van der Waals surface area contributed by atoms with Gasteiger partial charge >= 0.3 is 0 Å². The molecule has 1 atom stereocenters. The van der Waals surface area contributed by atoms with Crippen LogP contribution in [0, 0.1) is 5.82 Å². The molecule has 1 unspecified atom stereocenters. The van der Waals surface area contributed by atoms with Crippen LogP contribution in [0.4, 0.5) is 4.39 Å². The molecule has 100 valence electrons. The number of hydrogen-bond donors (Lipinski definition) is 1. The summed E-state index contributed by atoms with van der Waals surface area (Å²) in [5.41, 5.74) is 8.01. The lowest BCUT2D eigenvalue weighted by molar-refractivity contribution is 0.617. The molecule has 0 bridgehead atoms. The van der Waals surface area contributed by atoms with Crippen LogP contribution in [-0.2, 0) is 0 Å². The van der Waals surface area contributed by atoms with Crippen molar-refractivity contribution >= 4 is 26.7 Å². The maximum Gasteiger partial charge on any atom is 0.137 e. The van der Waals surface area contributed by atoms with Crippen LogP contribution in [0.5, 0.6) is 0 Å². The molecule has 0 aliphatic carbocycles. The molecule has 1 aromatic heterocycles. The molecule has 0 amide bonds. The fraction of sp³-hybridized carbons (Fsp3) is 0.0625. The van der Waals surface area contributed by atoms with Crippen LogP contribution in [0.3, 0.4) is 0 Å². The van der Waals surface area contributed by atoms with Crippen molar-refractivity contribution < 1.29 is 4.39 Å². The topological polar surface area (TPSA) is 38.9 Å². The largest absolute Gasteiger partial charge is 0.320 e. The van der Waals surface area contributed by atoms with E-state index in [-0.39, 0.29) is 11.9 Å². The van der Waals surface area contributed by atoms with Crippen molar-refractivity contribution in [3.8, 4) is 0 Å². The van der Waals surface area contributed by atoms with E-state index < -0.39 is 0 Å². The lowest BCUT2D eigenvalue weighted by Gasteiger charge is -2.15. The van der Waals surface area contributed by atoms with Crippen molar-refractivity contribution in [3.63, 3.8) is 0 Å². The van der Waals surface area contributed by atoms with E-state index in [1.165, 1.54) is 6.07 Å². The maximum atomic E-state index is 13.7. The van der Waals surface area contributed by atoms with E-state index in [1.54, 1.807) is 18.5 Å². The zero-order valence-corrected chi connectivity index (χ0v) is 12.1. The molecule has 1 heterocycles. The predicted octanol–water partition coefficient (Wildman–Crippen LogP) is 4.18. The Kier molecular flexibility index (Phi) is 3.51. The molecule has 0 radical (unpaired) electrons. The summed E-state index contributed by atoms with van der Waals surface area (Å²) in [6, 6.07) is 12.4. The average Bonchev–Trinajstić information content (AvgIpc) is 2.49. The minimum absolute atomic E-state index is 0.306. The summed E-state index contributed by atoms with van der Waals surface area (Å²) in [6.07, 6.45) is 3.54. The van der Waals surface area contributed by atoms with Gasteiger partial charge in [-0.15, -0.1) is 0 Å². The molecule has 2 N–H and O–H groups in total. The number of halogens is 2. The van der Waals surface area contributed by atoms with Crippen molar-refractivity contribution in [3.05, 3.63) is 76.3 Å². The number of hydrogen-bond acceptors (Lipinski definition) is 2. The van der Waals surface area contributed by atoms with Gasteiger partial charge in [0.2, 0.25) is 0 Å². The van der Waals surface area contributed by atoms with E-state index in [0.717, 1.165) is 21.9 Å². The molecule has 2 aromatic carbocycles. The quantitative estimate of drug-likeness (QED) is 0.765. The molecule has 0 saturated carbocycles. The summed E-state index contributed by atoms with van der Waals surface area (Å²) in [5.74, 6) is -0.306. The molecule has 3 rings (SSSR count). The molecule has 4 heteroatoms. The van der Waals surface area contributed by atoms with E-state index in [4.69, 9.17) is 5.73 Å². The summed E-state index contributed by atoms with van der Waals surface area (Å²) in [5, 5.41) is 2.07. The van der Waals surface area contributed by atoms with Gasteiger partial charge in [-0.25, -0.2) is 4.39 Å². The molecule has 3 aromatic rings. The summed E-state index contributed by atoms with van der Waals surface area (Å²) >= 11 is 3.15. The monoisotopic (exact) mass is 330 g/mol. The Morgan fingerprint density at radius 2 is 2.00 bits per heavy atom. The Labute approximate surface area is 124 Å². The van der Waals surface area contributed by atoms with Crippen LogP contribution in [0.1, 0.15) is 17.2 Å². The van der Waals surface area contributed by atoms with Gasteiger partial charge in [0.1, 0.15) is 5.82 Å². The van der Waals surface area contributed by atoms with Crippen LogP contribution >= 0.6 is 15.9 Å². The van der Waals surface area contributed by atoms with Crippen molar-refractivity contribution in [2.75, 3.05) is 0 Å². The van der Waals surface area contributed by atoms with Gasteiger partial charge in [0.15, 0.2) is 0 Å². The Hall–Kier alpha value is -1.78. The molecule has 0 aliphatic rings. The third-order valence-electron chi connectivity index (χ3n) is 3.35. The number of pyridine rings is 1. The van der Waals surface area contributed by atoms with E-state index in [9.17, 15) is 4.39 Å². The third kappa shape index (κ3) is 2.32. The van der Waals surface area contributed by atoms with Crippen molar-refractivity contribution in [1.82, 2.24) is 4.98 Å². The normalized spacial score (nSPS) is 12.6. The number of nitrogens with two attached hydrogens (primary N) is 1. The highest BCUT2D eigenvalue weighted by atomic mass is 79.9. The van der Waals surface area contributed by atoms with Crippen molar-refractivity contribution in [2.45, 2.75) is 6.04 Å². The highest BCUT2D eigenvalue weighted by Gasteiger charge is 2.13. The van der Waals surface area contributed by atoms with E-state index in [2.05, 4.69) is 20.9 Å². The molecule has 0 aliphatic heterocycles. The zero-order valence-electron chi connectivity index (χ0n) is 10.6. The summed E-state index contributed by atoms with van der Waals surface area (Å²) in [4.78, 5) is 4.10. The molecular weight excluding hydrogens is 319 g/mol. The first-order chi connectivity index (χ1) is 9.66. The lowest BCUT2D eigenvalue weighted by Crippen LogP contribution is -2.12. The number of benzene rings is 2. The smallest absolute Gasteiger partial charge is 0.137 e. The summed E-state index contributed by atoms with van der Waals surface area (Å²) in [6.45, 7) is 0. The summed E-state index contributed by atoms with van der Waals surface area (Å²) in [7, 11) is 0. The molecule has 0 spiro atoms. The van der Waals surface area contributed by atoms with Crippen LogP contribution in [-0.4, -0.2) is 4.98 Å². The highest BCUT2D eigenvalue weighted by Crippen LogP contribution is 2.28. The van der Waals surface area contributed by atoms with Crippen LogP contribution in [0.15, 0.2) is 59.3 Å². The van der Waals surface area contributed by atoms with Gasteiger partial charge < -0.3 is 5.73 Å². The van der Waals surface area contributed by atoms with E-state index >= 15 is 0 Å². The van der Waals surface area contributed by atoms with E-state index in [0.29, 0.717) is 4.47 Å². The third-order valence-corrected chi connectivity index (χ3v) is 4.00. The minimum Gasteiger partial charge on any atom is -0.320 e. The van der Waals surface area contributed by atoms with Gasteiger partial charge in [-0.1, -0.05) is 24.3 Å².